The fraction of sp³-hybridized carbons (Fsp3) is 0.0909. The van der Waals surface area contributed by atoms with E-state index in [0.717, 1.165) is 29.5 Å². The maximum atomic E-state index is 13.9. The van der Waals surface area contributed by atoms with E-state index in [0.29, 0.717) is 21.7 Å². The van der Waals surface area contributed by atoms with E-state index in [1.54, 1.807) is 60.3 Å². The first-order chi connectivity index (χ1) is 15.8. The number of carbonyl (C=O) groups is 1. The molecule has 0 spiro atoms. The van der Waals surface area contributed by atoms with Crippen LogP contribution in [0.1, 0.15) is 6.92 Å². The lowest BCUT2D eigenvalue weighted by molar-refractivity contribution is -0.115. The monoisotopic (exact) mass is 489 g/mol. The number of hydrogen-bond acceptors (Lipinski definition) is 5. The summed E-state index contributed by atoms with van der Waals surface area (Å²) in [6, 6.07) is 12.2. The van der Waals surface area contributed by atoms with E-state index >= 15 is 0 Å². The molecule has 33 heavy (non-hydrogen) atoms. The minimum absolute atomic E-state index is 0.387. The molecular weight excluding hydrogens is 475 g/mol. The minimum atomic E-state index is -1.66. The maximum absolute atomic E-state index is 13.9. The van der Waals surface area contributed by atoms with Crippen molar-refractivity contribution >= 4 is 35.0 Å². The van der Waals surface area contributed by atoms with E-state index in [9.17, 15) is 18.0 Å². The van der Waals surface area contributed by atoms with Gasteiger partial charge in [0.25, 0.3) is 0 Å². The average molecular weight is 490 g/mol. The van der Waals surface area contributed by atoms with Crippen LogP contribution in [-0.4, -0.2) is 30.9 Å². The van der Waals surface area contributed by atoms with Gasteiger partial charge in [-0.25, -0.2) is 13.2 Å². The number of anilines is 1. The number of nitrogens with zero attached hydrogens (tertiary/aromatic N) is 4. The van der Waals surface area contributed by atoms with Gasteiger partial charge in [-0.05, 0) is 55.5 Å². The van der Waals surface area contributed by atoms with Crippen LogP contribution in [0.15, 0.2) is 66.1 Å². The molecule has 0 radical (unpaired) electrons. The Hall–Kier alpha value is -3.37. The van der Waals surface area contributed by atoms with Crippen molar-refractivity contribution < 1.29 is 18.0 Å². The van der Waals surface area contributed by atoms with E-state index in [1.807, 2.05) is 0 Å². The molecule has 0 fully saturated rings. The third-order valence-electron chi connectivity index (χ3n) is 4.60. The summed E-state index contributed by atoms with van der Waals surface area (Å²) >= 11 is 7.08. The highest BCUT2D eigenvalue weighted by Gasteiger charge is 2.23. The van der Waals surface area contributed by atoms with Crippen molar-refractivity contribution in [3.8, 4) is 17.1 Å². The van der Waals surface area contributed by atoms with Crippen LogP contribution in [0.3, 0.4) is 0 Å². The summed E-state index contributed by atoms with van der Waals surface area (Å²) in [6.45, 7) is 1.57. The Morgan fingerprint density at radius 1 is 1.00 bits per heavy atom. The molecule has 11 heteroatoms. The lowest BCUT2D eigenvalue weighted by Crippen LogP contribution is -2.23. The first-order valence-corrected chi connectivity index (χ1v) is 10.8. The van der Waals surface area contributed by atoms with Crippen molar-refractivity contribution in [3.05, 3.63) is 83.4 Å². The number of nitrogens with one attached hydrogen (secondary N) is 1. The van der Waals surface area contributed by atoms with E-state index in [2.05, 4.69) is 20.5 Å². The number of hydrogen-bond donors (Lipinski definition) is 1. The highest BCUT2D eigenvalue weighted by Crippen LogP contribution is 2.31. The van der Waals surface area contributed by atoms with Crippen molar-refractivity contribution in [2.45, 2.75) is 17.3 Å². The molecule has 0 bridgehead atoms. The quantitative estimate of drug-likeness (QED) is 0.285. The van der Waals surface area contributed by atoms with Crippen LogP contribution < -0.4 is 5.32 Å². The van der Waals surface area contributed by atoms with Gasteiger partial charge in [-0.3, -0.25) is 14.3 Å². The molecule has 2 heterocycles. The Morgan fingerprint density at radius 3 is 2.39 bits per heavy atom. The molecule has 1 atom stereocenters. The maximum Gasteiger partial charge on any atom is 0.237 e. The van der Waals surface area contributed by atoms with Crippen molar-refractivity contribution in [2.75, 3.05) is 5.32 Å². The number of rotatable bonds is 6. The SMILES string of the molecule is C[C@H](Sc1nnc(-c2ccncc2)n1-c1ccc(Cl)cc1)C(=O)Nc1ccc(F)c(F)c1F. The molecule has 0 aliphatic rings. The van der Waals surface area contributed by atoms with Gasteiger partial charge in [0.05, 0.1) is 10.9 Å². The molecule has 0 saturated carbocycles. The number of amides is 1. The summed E-state index contributed by atoms with van der Waals surface area (Å²) < 4.78 is 42.3. The molecule has 0 aliphatic carbocycles. The summed E-state index contributed by atoms with van der Waals surface area (Å²) in [4.78, 5) is 16.6. The molecule has 0 aliphatic heterocycles. The molecule has 6 nitrogen and oxygen atoms in total. The number of aromatic nitrogens is 4. The largest absolute Gasteiger partial charge is 0.323 e. The van der Waals surface area contributed by atoms with Gasteiger partial charge in [0, 0.05) is 28.7 Å². The molecule has 0 saturated heterocycles. The highest BCUT2D eigenvalue weighted by molar-refractivity contribution is 8.00. The predicted octanol–water partition coefficient (Wildman–Crippen LogP) is 5.52. The van der Waals surface area contributed by atoms with E-state index in [4.69, 9.17) is 11.6 Å². The molecule has 4 rings (SSSR count). The number of thioether (sulfide) groups is 1. The normalized spacial score (nSPS) is 11.9. The molecule has 4 aromatic rings. The van der Waals surface area contributed by atoms with Crippen LogP contribution >= 0.6 is 23.4 Å². The van der Waals surface area contributed by atoms with Crippen molar-refractivity contribution in [1.82, 2.24) is 19.7 Å². The summed E-state index contributed by atoms with van der Waals surface area (Å²) in [7, 11) is 0. The van der Waals surface area contributed by atoms with Crippen molar-refractivity contribution in [2.24, 2.45) is 0 Å². The summed E-state index contributed by atoms with van der Waals surface area (Å²) in [5.74, 6) is -4.57. The van der Waals surface area contributed by atoms with E-state index in [1.165, 1.54) is 0 Å². The van der Waals surface area contributed by atoms with Crippen LogP contribution in [0.25, 0.3) is 17.1 Å². The van der Waals surface area contributed by atoms with Crippen LogP contribution in [0.5, 0.6) is 0 Å². The van der Waals surface area contributed by atoms with Gasteiger partial charge in [0.1, 0.15) is 0 Å². The van der Waals surface area contributed by atoms with Gasteiger partial charge < -0.3 is 5.32 Å². The Kier molecular flexibility index (Phi) is 6.66. The Bertz CT molecular complexity index is 1300. The third kappa shape index (κ3) is 4.86. The third-order valence-corrected chi connectivity index (χ3v) is 5.90. The first kappa shape index (κ1) is 22.8. The number of pyridine rings is 1. The number of halogens is 4. The Morgan fingerprint density at radius 2 is 1.70 bits per heavy atom. The fourth-order valence-corrected chi connectivity index (χ4v) is 3.92. The predicted molar refractivity (Wildman–Crippen MR) is 120 cm³/mol. The molecule has 0 unspecified atom stereocenters. The standard InChI is InChI=1S/C22H15ClF3N5OS/c1-12(21(32)28-17-7-6-16(24)18(25)19(17)26)33-22-30-29-20(13-8-10-27-11-9-13)31(22)15-4-2-14(23)3-5-15/h2-12H,1H3,(H,28,32)/t12-/m0/s1. The lowest BCUT2D eigenvalue weighted by atomic mass is 10.2. The average Bonchev–Trinajstić information content (AvgIpc) is 3.24. The molecule has 1 amide bonds. The zero-order valence-electron chi connectivity index (χ0n) is 17.0. The smallest absolute Gasteiger partial charge is 0.237 e. The lowest BCUT2D eigenvalue weighted by Gasteiger charge is -2.14. The Balaban J connectivity index is 1.64. The Labute approximate surface area is 195 Å². The van der Waals surface area contributed by atoms with Crippen LogP contribution in [0, 0.1) is 17.5 Å². The van der Waals surface area contributed by atoms with Crippen molar-refractivity contribution in [3.63, 3.8) is 0 Å². The second kappa shape index (κ2) is 9.63. The molecule has 2 aromatic carbocycles. The van der Waals surface area contributed by atoms with Crippen LogP contribution in [0.4, 0.5) is 18.9 Å². The van der Waals surface area contributed by atoms with Gasteiger partial charge in [-0.15, -0.1) is 10.2 Å². The summed E-state index contributed by atoms with van der Waals surface area (Å²) in [5.41, 5.74) is 1.00. The topological polar surface area (TPSA) is 72.7 Å². The van der Waals surface area contributed by atoms with Gasteiger partial charge in [-0.2, -0.15) is 0 Å². The van der Waals surface area contributed by atoms with Gasteiger partial charge in [0.2, 0.25) is 5.91 Å². The summed E-state index contributed by atoms with van der Waals surface area (Å²) in [6.07, 6.45) is 3.24. The molecule has 2 aromatic heterocycles. The number of carbonyl (C=O) groups excluding carboxylic acids is 1. The highest BCUT2D eigenvalue weighted by atomic mass is 35.5. The van der Waals surface area contributed by atoms with Gasteiger partial charge in [0.15, 0.2) is 28.4 Å². The first-order valence-electron chi connectivity index (χ1n) is 9.58. The van der Waals surface area contributed by atoms with Crippen molar-refractivity contribution in [1.29, 1.82) is 0 Å². The minimum Gasteiger partial charge on any atom is -0.323 e. The van der Waals surface area contributed by atoms with E-state index < -0.39 is 34.3 Å². The fourth-order valence-electron chi connectivity index (χ4n) is 2.93. The van der Waals surface area contributed by atoms with Crippen LogP contribution in [0.2, 0.25) is 5.02 Å². The zero-order chi connectivity index (χ0) is 23.5. The summed E-state index contributed by atoms with van der Waals surface area (Å²) in [5, 5.41) is 10.9. The molecule has 1 N–H and O–H groups in total. The number of benzene rings is 2. The van der Waals surface area contributed by atoms with Gasteiger partial charge in [-0.1, -0.05) is 23.4 Å². The molecule has 168 valence electrons. The zero-order valence-corrected chi connectivity index (χ0v) is 18.5. The van der Waals surface area contributed by atoms with Gasteiger partial charge >= 0.3 is 0 Å². The molecular formula is C22H15ClF3N5OS. The van der Waals surface area contributed by atoms with E-state index in [-0.39, 0.29) is 0 Å². The second-order valence-corrected chi connectivity index (χ2v) is 8.57. The second-order valence-electron chi connectivity index (χ2n) is 6.83. The van der Waals surface area contributed by atoms with Crippen LogP contribution in [-0.2, 0) is 4.79 Å².